The van der Waals surface area contributed by atoms with Gasteiger partial charge in [0.05, 0.1) is 24.7 Å². The maximum absolute atomic E-state index is 11.7. The lowest BCUT2D eigenvalue weighted by Gasteiger charge is -2.05. The molecule has 0 bridgehead atoms. The average Bonchev–Trinajstić information content (AvgIpc) is 3.08. The smallest absolute Gasteiger partial charge is 0.321 e. The number of nitrogens with one attached hydrogen (secondary N) is 3. The molecular weight excluding hydrogens is 276 g/mol. The van der Waals surface area contributed by atoms with E-state index in [4.69, 9.17) is 4.42 Å². The summed E-state index contributed by atoms with van der Waals surface area (Å²) in [6.45, 7) is 0.692. The van der Waals surface area contributed by atoms with E-state index in [9.17, 15) is 9.59 Å². The quantitative estimate of drug-likeness (QED) is 0.668. The zero-order valence-electron chi connectivity index (χ0n) is 11.5. The number of aromatic nitrogens is 3. The van der Waals surface area contributed by atoms with Crippen molar-refractivity contribution in [3.05, 3.63) is 36.0 Å². The first-order valence-corrected chi connectivity index (χ1v) is 6.31. The van der Waals surface area contributed by atoms with Crippen molar-refractivity contribution < 1.29 is 14.0 Å². The van der Waals surface area contributed by atoms with Gasteiger partial charge in [0.1, 0.15) is 12.3 Å². The fourth-order valence-electron chi connectivity index (χ4n) is 1.62. The van der Waals surface area contributed by atoms with Crippen LogP contribution in [-0.2, 0) is 24.4 Å². The molecular formula is C12H16N6O3. The van der Waals surface area contributed by atoms with Gasteiger partial charge in [-0.1, -0.05) is 5.21 Å². The summed E-state index contributed by atoms with van der Waals surface area (Å²) >= 11 is 0. The first-order valence-electron chi connectivity index (χ1n) is 6.31. The largest absolute Gasteiger partial charge is 0.467 e. The van der Waals surface area contributed by atoms with Gasteiger partial charge in [-0.25, -0.2) is 9.48 Å². The molecule has 2 rings (SSSR count). The minimum atomic E-state index is -0.591. The van der Waals surface area contributed by atoms with Gasteiger partial charge in [-0.05, 0) is 19.2 Å². The molecule has 0 radical (unpaired) electrons. The third-order valence-electron chi connectivity index (χ3n) is 2.51. The number of imide groups is 1. The second-order valence-corrected chi connectivity index (χ2v) is 4.25. The van der Waals surface area contributed by atoms with Gasteiger partial charge >= 0.3 is 6.03 Å². The van der Waals surface area contributed by atoms with Crippen molar-refractivity contribution in [3.8, 4) is 0 Å². The maximum atomic E-state index is 11.7. The lowest BCUT2D eigenvalue weighted by atomic mass is 10.4. The Labute approximate surface area is 120 Å². The summed E-state index contributed by atoms with van der Waals surface area (Å²) in [4.78, 5) is 23.2. The zero-order chi connectivity index (χ0) is 15.1. The third kappa shape index (κ3) is 4.73. The number of carbonyl (C=O) groups excluding carboxylic acids is 2. The van der Waals surface area contributed by atoms with Crippen LogP contribution in [0.5, 0.6) is 0 Å². The van der Waals surface area contributed by atoms with Gasteiger partial charge in [-0.15, -0.1) is 5.10 Å². The van der Waals surface area contributed by atoms with Gasteiger partial charge in [0.25, 0.3) is 0 Å². The molecule has 0 aromatic carbocycles. The summed E-state index contributed by atoms with van der Waals surface area (Å²) in [5.74, 6) is 0.124. The van der Waals surface area contributed by atoms with Crippen LogP contribution in [0.25, 0.3) is 0 Å². The Morgan fingerprint density at radius 1 is 1.38 bits per heavy atom. The van der Waals surface area contributed by atoms with Gasteiger partial charge < -0.3 is 15.1 Å². The van der Waals surface area contributed by atoms with Crippen molar-refractivity contribution in [3.63, 3.8) is 0 Å². The summed E-state index contributed by atoms with van der Waals surface area (Å²) in [7, 11) is 1.79. The predicted octanol–water partition coefficient (Wildman–Crippen LogP) is -0.383. The lowest BCUT2D eigenvalue weighted by Crippen LogP contribution is -2.40. The zero-order valence-corrected chi connectivity index (χ0v) is 11.5. The van der Waals surface area contributed by atoms with Crippen LogP contribution in [0.2, 0.25) is 0 Å². The molecule has 0 saturated heterocycles. The standard InChI is InChI=1S/C12H16N6O3/c1-13-5-9-7-18(17-16-9)8-11(19)15-12(20)14-6-10-3-2-4-21-10/h2-4,7,13H,5-6,8H2,1H3,(H2,14,15,19,20). The number of amides is 3. The molecule has 2 aromatic rings. The van der Waals surface area contributed by atoms with Gasteiger partial charge in [-0.2, -0.15) is 0 Å². The Hall–Kier alpha value is -2.68. The molecule has 0 saturated carbocycles. The Morgan fingerprint density at radius 2 is 2.24 bits per heavy atom. The van der Waals surface area contributed by atoms with E-state index < -0.39 is 11.9 Å². The number of carbonyl (C=O) groups is 2. The third-order valence-corrected chi connectivity index (χ3v) is 2.51. The molecule has 112 valence electrons. The molecule has 9 heteroatoms. The van der Waals surface area contributed by atoms with Crippen LogP contribution >= 0.6 is 0 Å². The van der Waals surface area contributed by atoms with E-state index in [-0.39, 0.29) is 13.1 Å². The van der Waals surface area contributed by atoms with Crippen molar-refractivity contribution in [2.45, 2.75) is 19.6 Å². The summed E-state index contributed by atoms with van der Waals surface area (Å²) < 4.78 is 6.42. The number of urea groups is 1. The number of hydrogen-bond acceptors (Lipinski definition) is 6. The minimum Gasteiger partial charge on any atom is -0.467 e. The van der Waals surface area contributed by atoms with Gasteiger partial charge in [0.2, 0.25) is 5.91 Å². The van der Waals surface area contributed by atoms with Crippen molar-refractivity contribution >= 4 is 11.9 Å². The second kappa shape index (κ2) is 7.20. The summed E-state index contributed by atoms with van der Waals surface area (Å²) in [5, 5.41) is 15.3. The summed E-state index contributed by atoms with van der Waals surface area (Å²) in [6.07, 6.45) is 3.14. The molecule has 0 unspecified atom stereocenters. The monoisotopic (exact) mass is 292 g/mol. The predicted molar refractivity (Wildman–Crippen MR) is 71.9 cm³/mol. The number of hydrogen-bond donors (Lipinski definition) is 3. The molecule has 0 atom stereocenters. The van der Waals surface area contributed by atoms with Crippen LogP contribution in [0.4, 0.5) is 4.79 Å². The van der Waals surface area contributed by atoms with Crippen LogP contribution in [0.3, 0.4) is 0 Å². The second-order valence-electron chi connectivity index (χ2n) is 4.25. The molecule has 2 aromatic heterocycles. The van der Waals surface area contributed by atoms with Crippen molar-refractivity contribution in [2.75, 3.05) is 7.05 Å². The number of nitrogens with zero attached hydrogens (tertiary/aromatic N) is 3. The normalized spacial score (nSPS) is 10.3. The van der Waals surface area contributed by atoms with Gasteiger partial charge in [-0.3, -0.25) is 10.1 Å². The lowest BCUT2D eigenvalue weighted by molar-refractivity contribution is -0.120. The average molecular weight is 292 g/mol. The minimum absolute atomic E-state index is 0.0785. The Balaban J connectivity index is 1.74. The topological polar surface area (TPSA) is 114 Å². The summed E-state index contributed by atoms with van der Waals surface area (Å²) in [6, 6.07) is 2.85. The highest BCUT2D eigenvalue weighted by Gasteiger charge is 2.10. The van der Waals surface area contributed by atoms with E-state index in [0.717, 1.165) is 0 Å². The SMILES string of the molecule is CNCc1cn(CC(=O)NC(=O)NCc2ccco2)nn1. The highest BCUT2D eigenvalue weighted by atomic mass is 16.3. The molecule has 0 aliphatic carbocycles. The van der Waals surface area contributed by atoms with Crippen LogP contribution in [-0.4, -0.2) is 34.0 Å². The number of furan rings is 1. The fourth-order valence-corrected chi connectivity index (χ4v) is 1.62. The molecule has 21 heavy (non-hydrogen) atoms. The van der Waals surface area contributed by atoms with Crippen LogP contribution < -0.4 is 16.0 Å². The van der Waals surface area contributed by atoms with Gasteiger partial charge in [0, 0.05) is 6.54 Å². The van der Waals surface area contributed by atoms with Crippen molar-refractivity contribution in [1.29, 1.82) is 0 Å². The molecule has 0 aliphatic rings. The molecule has 0 fully saturated rings. The molecule has 2 heterocycles. The molecule has 0 aliphatic heterocycles. The fraction of sp³-hybridized carbons (Fsp3) is 0.333. The van der Waals surface area contributed by atoms with E-state index in [2.05, 4.69) is 26.3 Å². The van der Waals surface area contributed by atoms with Crippen molar-refractivity contribution in [1.82, 2.24) is 30.9 Å². The summed E-state index contributed by atoms with van der Waals surface area (Å²) in [5.41, 5.74) is 0.715. The first kappa shape index (κ1) is 14.7. The first-order chi connectivity index (χ1) is 10.2. The van der Waals surface area contributed by atoms with Gasteiger partial charge in [0.15, 0.2) is 0 Å². The molecule has 3 N–H and O–H groups in total. The van der Waals surface area contributed by atoms with E-state index in [1.807, 2.05) is 0 Å². The van der Waals surface area contributed by atoms with E-state index in [0.29, 0.717) is 18.0 Å². The number of rotatable bonds is 6. The highest BCUT2D eigenvalue weighted by molar-refractivity contribution is 5.94. The molecule has 0 spiro atoms. The van der Waals surface area contributed by atoms with E-state index in [1.165, 1.54) is 10.9 Å². The molecule has 3 amide bonds. The Kier molecular flexibility index (Phi) is 5.04. The van der Waals surface area contributed by atoms with Crippen molar-refractivity contribution in [2.24, 2.45) is 0 Å². The van der Waals surface area contributed by atoms with Crippen LogP contribution in [0.15, 0.2) is 29.0 Å². The maximum Gasteiger partial charge on any atom is 0.321 e. The van der Waals surface area contributed by atoms with E-state index >= 15 is 0 Å². The highest BCUT2D eigenvalue weighted by Crippen LogP contribution is 1.98. The Bertz CT molecular complexity index is 592. The molecule has 9 nitrogen and oxygen atoms in total. The van der Waals surface area contributed by atoms with E-state index in [1.54, 1.807) is 25.4 Å². The Morgan fingerprint density at radius 3 is 2.95 bits per heavy atom. The van der Waals surface area contributed by atoms with Crippen LogP contribution in [0.1, 0.15) is 11.5 Å². The van der Waals surface area contributed by atoms with Crippen LogP contribution in [0, 0.1) is 0 Å².